The van der Waals surface area contributed by atoms with Crippen molar-refractivity contribution >= 4 is 5.91 Å². The second kappa shape index (κ2) is 6.15. The number of benzene rings is 1. The summed E-state index contributed by atoms with van der Waals surface area (Å²) in [6, 6.07) is 6.19. The first-order chi connectivity index (χ1) is 9.06. The molecule has 2 rings (SSSR count). The Kier molecular flexibility index (Phi) is 4.53. The summed E-state index contributed by atoms with van der Waals surface area (Å²) in [5.41, 5.74) is 0.930. The van der Waals surface area contributed by atoms with Gasteiger partial charge in [-0.2, -0.15) is 0 Å². The number of likely N-dealkylation sites (tertiary alicyclic amines) is 1. The highest BCUT2D eigenvalue weighted by Crippen LogP contribution is 2.18. The van der Waals surface area contributed by atoms with Gasteiger partial charge in [0.1, 0.15) is 5.82 Å². The van der Waals surface area contributed by atoms with Gasteiger partial charge in [-0.05, 0) is 51.1 Å². The molecule has 1 saturated heterocycles. The van der Waals surface area contributed by atoms with Crippen molar-refractivity contribution in [1.82, 2.24) is 10.2 Å². The van der Waals surface area contributed by atoms with Crippen molar-refractivity contribution in [2.45, 2.75) is 25.8 Å². The number of amides is 1. The number of piperidine rings is 1. The molecular formula is C15H21FN2O. The lowest BCUT2D eigenvalue weighted by Gasteiger charge is -2.29. The predicted octanol–water partition coefficient (Wildman–Crippen LogP) is 2.34. The molecule has 2 atom stereocenters. The third kappa shape index (κ3) is 3.77. The molecule has 0 spiro atoms. The van der Waals surface area contributed by atoms with Gasteiger partial charge < -0.3 is 10.2 Å². The Morgan fingerprint density at radius 1 is 1.42 bits per heavy atom. The highest BCUT2D eigenvalue weighted by Gasteiger charge is 2.24. The van der Waals surface area contributed by atoms with Crippen LogP contribution in [0.3, 0.4) is 0 Å². The fourth-order valence-corrected chi connectivity index (χ4v) is 2.55. The molecule has 1 aliphatic rings. The van der Waals surface area contributed by atoms with Crippen LogP contribution in [-0.4, -0.2) is 30.9 Å². The third-order valence-electron chi connectivity index (χ3n) is 3.72. The molecule has 1 aromatic rings. The molecule has 1 N–H and O–H groups in total. The Morgan fingerprint density at radius 3 is 2.74 bits per heavy atom. The van der Waals surface area contributed by atoms with E-state index in [2.05, 4.69) is 10.2 Å². The minimum atomic E-state index is -0.254. The summed E-state index contributed by atoms with van der Waals surface area (Å²) < 4.78 is 12.9. The van der Waals surface area contributed by atoms with Crippen LogP contribution in [0.4, 0.5) is 4.39 Å². The first-order valence-electron chi connectivity index (χ1n) is 6.80. The van der Waals surface area contributed by atoms with E-state index in [1.165, 1.54) is 12.1 Å². The molecule has 1 fully saturated rings. The van der Waals surface area contributed by atoms with Crippen LogP contribution in [0.5, 0.6) is 0 Å². The zero-order chi connectivity index (χ0) is 13.8. The van der Waals surface area contributed by atoms with Crippen molar-refractivity contribution in [3.8, 4) is 0 Å². The van der Waals surface area contributed by atoms with E-state index in [9.17, 15) is 9.18 Å². The van der Waals surface area contributed by atoms with Gasteiger partial charge in [-0.25, -0.2) is 4.39 Å². The number of hydrogen-bond acceptors (Lipinski definition) is 2. The Hall–Kier alpha value is -1.42. The van der Waals surface area contributed by atoms with Gasteiger partial charge in [0.05, 0.1) is 12.0 Å². The van der Waals surface area contributed by atoms with Gasteiger partial charge in [0.25, 0.3) is 0 Å². The van der Waals surface area contributed by atoms with Crippen molar-refractivity contribution in [3.05, 3.63) is 35.6 Å². The molecule has 1 amide bonds. The van der Waals surface area contributed by atoms with E-state index in [0.717, 1.165) is 31.5 Å². The molecule has 3 nitrogen and oxygen atoms in total. The van der Waals surface area contributed by atoms with Gasteiger partial charge in [0, 0.05) is 6.54 Å². The molecular weight excluding hydrogens is 243 g/mol. The van der Waals surface area contributed by atoms with Crippen LogP contribution in [-0.2, 0) is 4.79 Å². The molecule has 0 saturated carbocycles. The summed E-state index contributed by atoms with van der Waals surface area (Å²) >= 11 is 0. The minimum absolute atomic E-state index is 0.0710. The Balaban J connectivity index is 1.92. The molecule has 19 heavy (non-hydrogen) atoms. The maximum Gasteiger partial charge on any atom is 0.224 e. The number of hydrogen-bond donors (Lipinski definition) is 1. The number of carbonyl (C=O) groups is 1. The summed E-state index contributed by atoms with van der Waals surface area (Å²) in [7, 11) is 2.04. The second-order valence-electron chi connectivity index (χ2n) is 5.38. The van der Waals surface area contributed by atoms with Crippen LogP contribution < -0.4 is 5.32 Å². The van der Waals surface area contributed by atoms with Crippen molar-refractivity contribution in [2.75, 3.05) is 20.1 Å². The van der Waals surface area contributed by atoms with Crippen molar-refractivity contribution in [3.63, 3.8) is 0 Å². The summed E-state index contributed by atoms with van der Waals surface area (Å²) in [6.45, 7) is 3.82. The summed E-state index contributed by atoms with van der Waals surface area (Å²) in [4.78, 5) is 14.4. The predicted molar refractivity (Wildman–Crippen MR) is 73.2 cm³/mol. The molecule has 104 valence electrons. The largest absolute Gasteiger partial charge is 0.349 e. The van der Waals surface area contributed by atoms with E-state index >= 15 is 0 Å². The van der Waals surface area contributed by atoms with Crippen LogP contribution >= 0.6 is 0 Å². The van der Waals surface area contributed by atoms with E-state index in [4.69, 9.17) is 0 Å². The zero-order valence-electron chi connectivity index (χ0n) is 11.5. The summed E-state index contributed by atoms with van der Waals surface area (Å²) in [5.74, 6) is -0.0822. The van der Waals surface area contributed by atoms with Gasteiger partial charge >= 0.3 is 0 Å². The first-order valence-corrected chi connectivity index (χ1v) is 6.80. The van der Waals surface area contributed by atoms with Gasteiger partial charge in [-0.15, -0.1) is 0 Å². The van der Waals surface area contributed by atoms with E-state index in [-0.39, 0.29) is 23.7 Å². The van der Waals surface area contributed by atoms with Gasteiger partial charge in [0.2, 0.25) is 5.91 Å². The number of nitrogens with zero attached hydrogens (tertiary/aromatic N) is 1. The summed E-state index contributed by atoms with van der Waals surface area (Å²) in [5, 5.41) is 3.02. The third-order valence-corrected chi connectivity index (χ3v) is 3.72. The molecule has 0 aromatic heterocycles. The first kappa shape index (κ1) is 14.0. The lowest BCUT2D eigenvalue weighted by atomic mass is 9.97. The molecule has 0 unspecified atom stereocenters. The van der Waals surface area contributed by atoms with Crippen LogP contribution in [0, 0.1) is 11.7 Å². The highest BCUT2D eigenvalue weighted by molar-refractivity contribution is 5.79. The summed E-state index contributed by atoms with van der Waals surface area (Å²) in [6.07, 6.45) is 2.02. The van der Waals surface area contributed by atoms with E-state index in [1.807, 2.05) is 14.0 Å². The lowest BCUT2D eigenvalue weighted by molar-refractivity contribution is -0.127. The van der Waals surface area contributed by atoms with Crippen molar-refractivity contribution in [1.29, 1.82) is 0 Å². The van der Waals surface area contributed by atoms with E-state index < -0.39 is 0 Å². The fraction of sp³-hybridized carbons (Fsp3) is 0.533. The Bertz CT molecular complexity index is 432. The SMILES string of the molecule is C[C@@H](NC(=O)[C@H]1CCCN(C)C1)c1ccc(F)cc1. The molecule has 0 bridgehead atoms. The van der Waals surface area contributed by atoms with Crippen molar-refractivity contribution in [2.24, 2.45) is 5.92 Å². The molecule has 1 heterocycles. The Morgan fingerprint density at radius 2 is 2.11 bits per heavy atom. The molecule has 0 radical (unpaired) electrons. The average molecular weight is 264 g/mol. The van der Waals surface area contributed by atoms with Gasteiger partial charge in [-0.3, -0.25) is 4.79 Å². The van der Waals surface area contributed by atoms with Crippen LogP contribution in [0.25, 0.3) is 0 Å². The fourth-order valence-electron chi connectivity index (χ4n) is 2.55. The maximum absolute atomic E-state index is 12.9. The smallest absolute Gasteiger partial charge is 0.224 e. The van der Waals surface area contributed by atoms with Gasteiger partial charge in [-0.1, -0.05) is 12.1 Å². The number of carbonyl (C=O) groups excluding carboxylic acids is 1. The number of nitrogens with one attached hydrogen (secondary N) is 1. The monoisotopic (exact) mass is 264 g/mol. The molecule has 1 aromatic carbocycles. The van der Waals surface area contributed by atoms with E-state index in [1.54, 1.807) is 12.1 Å². The van der Waals surface area contributed by atoms with Crippen LogP contribution in [0.1, 0.15) is 31.4 Å². The Labute approximate surface area is 113 Å². The standard InChI is InChI=1S/C15H21FN2O/c1-11(12-5-7-14(16)8-6-12)17-15(19)13-4-3-9-18(2)10-13/h5-8,11,13H,3-4,9-10H2,1-2H3,(H,17,19)/t11-,13+/m1/s1. The van der Waals surface area contributed by atoms with Crippen LogP contribution in [0.15, 0.2) is 24.3 Å². The van der Waals surface area contributed by atoms with E-state index in [0.29, 0.717) is 0 Å². The van der Waals surface area contributed by atoms with Gasteiger partial charge in [0.15, 0.2) is 0 Å². The topological polar surface area (TPSA) is 32.3 Å². The van der Waals surface area contributed by atoms with Crippen LogP contribution in [0.2, 0.25) is 0 Å². The highest BCUT2D eigenvalue weighted by atomic mass is 19.1. The maximum atomic E-state index is 12.9. The normalized spacial score (nSPS) is 21.9. The zero-order valence-corrected chi connectivity index (χ0v) is 11.5. The quantitative estimate of drug-likeness (QED) is 0.909. The minimum Gasteiger partial charge on any atom is -0.349 e. The number of rotatable bonds is 3. The second-order valence-corrected chi connectivity index (χ2v) is 5.38. The van der Waals surface area contributed by atoms with Crippen molar-refractivity contribution < 1.29 is 9.18 Å². The average Bonchev–Trinajstić information content (AvgIpc) is 2.39. The molecule has 0 aliphatic carbocycles. The lowest BCUT2D eigenvalue weighted by Crippen LogP contribution is -2.42. The molecule has 4 heteroatoms. The molecule has 1 aliphatic heterocycles. The number of halogens is 1.